The van der Waals surface area contributed by atoms with Crippen molar-refractivity contribution in [3.8, 4) is 0 Å². The van der Waals surface area contributed by atoms with E-state index in [1.165, 1.54) is 6.07 Å². The normalized spacial score (nSPS) is 15.3. The Morgan fingerprint density at radius 1 is 1.32 bits per heavy atom. The fourth-order valence-electron chi connectivity index (χ4n) is 2.71. The number of rotatable bonds is 5. The fraction of sp³-hybridized carbons (Fsp3) is 0.625. The molecule has 0 fully saturated rings. The van der Waals surface area contributed by atoms with Crippen molar-refractivity contribution in [3.63, 3.8) is 0 Å². The summed E-state index contributed by atoms with van der Waals surface area (Å²) in [6.07, 6.45) is 2.09. The van der Waals surface area contributed by atoms with Gasteiger partial charge in [0.25, 0.3) is 0 Å². The van der Waals surface area contributed by atoms with E-state index < -0.39 is 0 Å². The van der Waals surface area contributed by atoms with Crippen molar-refractivity contribution in [1.82, 2.24) is 5.32 Å². The lowest BCUT2D eigenvalue weighted by Gasteiger charge is -2.27. The maximum Gasteiger partial charge on any atom is 0.128 e. The van der Waals surface area contributed by atoms with Crippen LogP contribution in [0.25, 0.3) is 0 Å². The summed E-state index contributed by atoms with van der Waals surface area (Å²) in [6, 6.07) is 5.21. The van der Waals surface area contributed by atoms with Crippen LogP contribution >= 0.6 is 15.9 Å². The summed E-state index contributed by atoms with van der Waals surface area (Å²) in [7, 11) is 1.90. The standard InChI is InChI=1S/C16H25BrFN/c1-11(10-16(2,3)4)8-15(19-5)13-9-12(17)6-7-14(13)18/h6-7,9,11,15,19H,8,10H2,1-5H3. The van der Waals surface area contributed by atoms with Crippen LogP contribution in [0.4, 0.5) is 4.39 Å². The molecule has 1 rings (SSSR count). The van der Waals surface area contributed by atoms with Crippen molar-refractivity contribution in [2.75, 3.05) is 7.05 Å². The minimum absolute atomic E-state index is 0.0647. The van der Waals surface area contributed by atoms with E-state index in [4.69, 9.17) is 0 Å². The lowest BCUT2D eigenvalue weighted by molar-refractivity contribution is 0.277. The molecular formula is C16H25BrFN. The van der Waals surface area contributed by atoms with Gasteiger partial charge in [0.2, 0.25) is 0 Å². The first-order valence-corrected chi connectivity index (χ1v) is 7.64. The van der Waals surface area contributed by atoms with E-state index in [1.54, 1.807) is 6.07 Å². The second-order valence-electron chi connectivity index (χ2n) is 6.61. The van der Waals surface area contributed by atoms with Crippen molar-refractivity contribution in [2.24, 2.45) is 11.3 Å². The van der Waals surface area contributed by atoms with Gasteiger partial charge in [-0.05, 0) is 49.4 Å². The van der Waals surface area contributed by atoms with Crippen LogP contribution in [0.5, 0.6) is 0 Å². The van der Waals surface area contributed by atoms with Crippen molar-refractivity contribution >= 4 is 15.9 Å². The molecule has 1 N–H and O–H groups in total. The summed E-state index contributed by atoms with van der Waals surface area (Å²) in [5.41, 5.74) is 1.06. The van der Waals surface area contributed by atoms with Crippen LogP contribution in [-0.4, -0.2) is 7.05 Å². The summed E-state index contributed by atoms with van der Waals surface area (Å²) in [4.78, 5) is 0. The van der Waals surface area contributed by atoms with Crippen molar-refractivity contribution in [2.45, 2.75) is 46.6 Å². The summed E-state index contributed by atoms with van der Waals surface area (Å²) < 4.78 is 14.9. The Morgan fingerprint density at radius 3 is 2.47 bits per heavy atom. The molecule has 1 nitrogen and oxygen atoms in total. The van der Waals surface area contributed by atoms with E-state index in [0.717, 1.165) is 22.9 Å². The van der Waals surface area contributed by atoms with Gasteiger partial charge in [-0.15, -0.1) is 0 Å². The van der Waals surface area contributed by atoms with Crippen LogP contribution < -0.4 is 5.32 Å². The molecule has 0 spiro atoms. The molecule has 108 valence electrons. The van der Waals surface area contributed by atoms with Gasteiger partial charge in [-0.1, -0.05) is 43.6 Å². The highest BCUT2D eigenvalue weighted by Gasteiger charge is 2.21. The lowest BCUT2D eigenvalue weighted by atomic mass is 9.82. The van der Waals surface area contributed by atoms with Crippen LogP contribution in [0.3, 0.4) is 0 Å². The molecule has 0 heterocycles. The molecule has 2 unspecified atom stereocenters. The summed E-state index contributed by atoms with van der Waals surface area (Å²) in [5, 5.41) is 3.24. The zero-order chi connectivity index (χ0) is 14.6. The van der Waals surface area contributed by atoms with Crippen LogP contribution in [0, 0.1) is 17.2 Å². The number of benzene rings is 1. The molecule has 0 saturated heterocycles. The molecule has 1 aromatic carbocycles. The van der Waals surface area contributed by atoms with Gasteiger partial charge in [0.05, 0.1) is 0 Å². The molecule has 0 saturated carbocycles. The number of halogens is 2. The molecule has 0 aliphatic carbocycles. The summed E-state index contributed by atoms with van der Waals surface area (Å²) in [6.45, 7) is 8.98. The topological polar surface area (TPSA) is 12.0 Å². The Labute approximate surface area is 125 Å². The first-order valence-electron chi connectivity index (χ1n) is 6.85. The van der Waals surface area contributed by atoms with Crippen LogP contribution in [0.15, 0.2) is 22.7 Å². The second kappa shape index (κ2) is 6.85. The van der Waals surface area contributed by atoms with Gasteiger partial charge in [0.1, 0.15) is 5.82 Å². The van der Waals surface area contributed by atoms with Crippen molar-refractivity contribution in [3.05, 3.63) is 34.1 Å². The van der Waals surface area contributed by atoms with E-state index in [9.17, 15) is 4.39 Å². The highest BCUT2D eigenvalue weighted by Crippen LogP contribution is 2.32. The van der Waals surface area contributed by atoms with E-state index in [2.05, 4.69) is 48.9 Å². The highest BCUT2D eigenvalue weighted by molar-refractivity contribution is 9.10. The molecule has 0 amide bonds. The van der Waals surface area contributed by atoms with E-state index in [0.29, 0.717) is 11.3 Å². The Balaban J connectivity index is 2.80. The Morgan fingerprint density at radius 2 is 1.95 bits per heavy atom. The Kier molecular flexibility index (Phi) is 6.00. The van der Waals surface area contributed by atoms with Gasteiger partial charge < -0.3 is 5.32 Å². The zero-order valence-corrected chi connectivity index (χ0v) is 14.1. The predicted octanol–water partition coefficient (Wildman–Crippen LogP) is 5.31. The quantitative estimate of drug-likeness (QED) is 0.771. The minimum atomic E-state index is -0.134. The van der Waals surface area contributed by atoms with E-state index in [-0.39, 0.29) is 11.9 Å². The van der Waals surface area contributed by atoms with Gasteiger partial charge in [-0.25, -0.2) is 4.39 Å². The average Bonchev–Trinajstić information content (AvgIpc) is 2.27. The third-order valence-corrected chi connectivity index (χ3v) is 3.77. The highest BCUT2D eigenvalue weighted by atomic mass is 79.9. The molecule has 0 aliphatic rings. The second-order valence-corrected chi connectivity index (χ2v) is 7.53. The molecule has 19 heavy (non-hydrogen) atoms. The predicted molar refractivity (Wildman–Crippen MR) is 83.8 cm³/mol. The number of hydrogen-bond acceptors (Lipinski definition) is 1. The van der Waals surface area contributed by atoms with Crippen molar-refractivity contribution < 1.29 is 4.39 Å². The Hall–Kier alpha value is -0.410. The maximum atomic E-state index is 13.9. The van der Waals surface area contributed by atoms with E-state index >= 15 is 0 Å². The third-order valence-electron chi connectivity index (χ3n) is 3.28. The number of nitrogens with one attached hydrogen (secondary N) is 1. The first kappa shape index (κ1) is 16.6. The van der Waals surface area contributed by atoms with Crippen molar-refractivity contribution in [1.29, 1.82) is 0 Å². The van der Waals surface area contributed by atoms with Gasteiger partial charge in [0.15, 0.2) is 0 Å². The third kappa shape index (κ3) is 5.62. The van der Waals surface area contributed by atoms with Crippen LogP contribution in [0.1, 0.15) is 52.1 Å². The molecule has 0 bridgehead atoms. The van der Waals surface area contributed by atoms with Gasteiger partial charge in [-0.3, -0.25) is 0 Å². The smallest absolute Gasteiger partial charge is 0.128 e. The van der Waals surface area contributed by atoms with Crippen LogP contribution in [-0.2, 0) is 0 Å². The maximum absolute atomic E-state index is 13.9. The largest absolute Gasteiger partial charge is 0.313 e. The first-order chi connectivity index (χ1) is 8.73. The van der Waals surface area contributed by atoms with Gasteiger partial charge in [-0.2, -0.15) is 0 Å². The fourth-order valence-corrected chi connectivity index (χ4v) is 3.09. The van der Waals surface area contributed by atoms with E-state index in [1.807, 2.05) is 13.1 Å². The molecule has 2 atom stereocenters. The molecule has 0 radical (unpaired) electrons. The average molecular weight is 330 g/mol. The molecule has 0 aliphatic heterocycles. The monoisotopic (exact) mass is 329 g/mol. The summed E-state index contributed by atoms with van der Waals surface area (Å²) in [5.74, 6) is 0.418. The summed E-state index contributed by atoms with van der Waals surface area (Å²) >= 11 is 3.41. The molecule has 1 aromatic rings. The molecule has 0 aromatic heterocycles. The number of hydrogen-bond donors (Lipinski definition) is 1. The van der Waals surface area contributed by atoms with Gasteiger partial charge >= 0.3 is 0 Å². The zero-order valence-electron chi connectivity index (χ0n) is 12.6. The molecule has 3 heteroatoms. The minimum Gasteiger partial charge on any atom is -0.313 e. The molecular weight excluding hydrogens is 305 g/mol. The van der Waals surface area contributed by atoms with Crippen LogP contribution in [0.2, 0.25) is 0 Å². The lowest BCUT2D eigenvalue weighted by Crippen LogP contribution is -2.22. The SMILES string of the molecule is CNC(CC(C)CC(C)(C)C)c1cc(Br)ccc1F. The van der Waals surface area contributed by atoms with Gasteiger partial charge in [0, 0.05) is 16.1 Å². The Bertz CT molecular complexity index is 412.